The van der Waals surface area contributed by atoms with Crippen LogP contribution in [-0.4, -0.2) is 15.6 Å². The van der Waals surface area contributed by atoms with Gasteiger partial charge in [-0.3, -0.25) is 9.48 Å². The average Bonchev–Trinajstić information content (AvgIpc) is 3.02. The molecule has 2 aromatic heterocycles. The Morgan fingerprint density at radius 2 is 2.41 bits per heavy atom. The summed E-state index contributed by atoms with van der Waals surface area (Å²) in [5.74, 6) is 0.115. The molecule has 0 radical (unpaired) electrons. The molecule has 0 bridgehead atoms. The number of aryl methyl sites for hydroxylation is 3. The number of carbonyl (C=O) groups is 1. The monoisotopic (exact) mass is 246 g/mol. The first-order valence-electron chi connectivity index (χ1n) is 5.96. The number of ketones is 1. The minimum Gasteiger partial charge on any atom is -0.288 e. The number of fused-ring (bicyclic) bond motifs is 1. The first kappa shape index (κ1) is 10.7. The molecule has 2 aromatic rings. The molecule has 0 aromatic carbocycles. The Bertz CT molecular complexity index is 546. The van der Waals surface area contributed by atoms with Gasteiger partial charge in [0.15, 0.2) is 0 Å². The molecule has 3 rings (SSSR count). The number of aromatic nitrogens is 2. The van der Waals surface area contributed by atoms with Crippen LogP contribution in [0.1, 0.15) is 39.0 Å². The third-order valence-electron chi connectivity index (χ3n) is 3.19. The van der Waals surface area contributed by atoms with Gasteiger partial charge in [0, 0.05) is 17.6 Å². The van der Waals surface area contributed by atoms with Crippen LogP contribution in [0.4, 0.5) is 0 Å². The molecule has 0 saturated carbocycles. The van der Waals surface area contributed by atoms with Crippen LogP contribution in [0, 0.1) is 0 Å². The summed E-state index contributed by atoms with van der Waals surface area (Å²) in [6, 6.07) is 2.07. The predicted octanol–water partition coefficient (Wildman–Crippen LogP) is 2.68. The maximum absolute atomic E-state index is 12.2. The zero-order chi connectivity index (χ0) is 11.8. The maximum Gasteiger partial charge on any atom is 0.206 e. The van der Waals surface area contributed by atoms with Crippen LogP contribution < -0.4 is 0 Å². The molecule has 88 valence electrons. The zero-order valence-electron chi connectivity index (χ0n) is 9.77. The van der Waals surface area contributed by atoms with Gasteiger partial charge in [0.05, 0.1) is 16.6 Å². The van der Waals surface area contributed by atoms with Gasteiger partial charge in [-0.15, -0.1) is 11.3 Å². The Hall–Kier alpha value is -1.42. The van der Waals surface area contributed by atoms with Gasteiger partial charge in [0.25, 0.3) is 0 Å². The summed E-state index contributed by atoms with van der Waals surface area (Å²) in [5, 5.41) is 4.15. The fourth-order valence-corrected chi connectivity index (χ4v) is 3.45. The van der Waals surface area contributed by atoms with E-state index in [2.05, 4.69) is 11.2 Å². The summed E-state index contributed by atoms with van der Waals surface area (Å²) < 4.78 is 1.79. The summed E-state index contributed by atoms with van der Waals surface area (Å²) in [4.78, 5) is 14.5. The first-order valence-corrected chi connectivity index (χ1v) is 6.78. The Balaban J connectivity index is 1.90. The molecule has 1 aliphatic rings. The minimum absolute atomic E-state index is 0.115. The number of hydrogen-bond acceptors (Lipinski definition) is 3. The van der Waals surface area contributed by atoms with Gasteiger partial charge in [-0.05, 0) is 37.8 Å². The predicted molar refractivity (Wildman–Crippen MR) is 67.7 cm³/mol. The van der Waals surface area contributed by atoms with Crippen molar-refractivity contribution in [1.82, 2.24) is 9.78 Å². The minimum atomic E-state index is 0.115. The molecule has 0 fully saturated rings. The first-order chi connectivity index (χ1) is 8.28. The lowest BCUT2D eigenvalue weighted by Gasteiger charge is -1.93. The van der Waals surface area contributed by atoms with Crippen LogP contribution >= 0.6 is 11.3 Å². The highest BCUT2D eigenvalue weighted by Crippen LogP contribution is 2.31. The standard InChI is InChI=1S/C13H14N2OS/c1-2-15-8-10(7-14-15)13(16)12-6-9-4-3-5-11(9)17-12/h6-8H,2-5H2,1H3. The van der Waals surface area contributed by atoms with Crippen molar-refractivity contribution in [2.24, 2.45) is 0 Å². The summed E-state index contributed by atoms with van der Waals surface area (Å²) in [5.41, 5.74) is 2.08. The van der Waals surface area contributed by atoms with E-state index in [1.54, 1.807) is 22.2 Å². The molecule has 4 heteroatoms. The van der Waals surface area contributed by atoms with Crippen LogP contribution in [0.15, 0.2) is 18.5 Å². The van der Waals surface area contributed by atoms with Crippen LogP contribution in [0.25, 0.3) is 0 Å². The van der Waals surface area contributed by atoms with E-state index in [4.69, 9.17) is 0 Å². The highest BCUT2D eigenvalue weighted by molar-refractivity contribution is 7.14. The second kappa shape index (κ2) is 4.11. The van der Waals surface area contributed by atoms with Crippen molar-refractivity contribution in [2.45, 2.75) is 32.7 Å². The van der Waals surface area contributed by atoms with Crippen molar-refractivity contribution in [3.63, 3.8) is 0 Å². The van der Waals surface area contributed by atoms with Crippen LogP contribution in [0.3, 0.4) is 0 Å². The average molecular weight is 246 g/mol. The van der Waals surface area contributed by atoms with Crippen molar-refractivity contribution in [3.8, 4) is 0 Å². The fraction of sp³-hybridized carbons (Fsp3) is 0.385. The molecule has 0 spiro atoms. The molecule has 0 saturated heterocycles. The Morgan fingerprint density at radius 1 is 1.53 bits per heavy atom. The zero-order valence-corrected chi connectivity index (χ0v) is 10.6. The van der Waals surface area contributed by atoms with E-state index in [9.17, 15) is 4.79 Å². The van der Waals surface area contributed by atoms with Crippen LogP contribution in [0.2, 0.25) is 0 Å². The molecule has 2 heterocycles. The summed E-state index contributed by atoms with van der Waals surface area (Å²) in [7, 11) is 0. The van der Waals surface area contributed by atoms with Gasteiger partial charge in [0.2, 0.25) is 5.78 Å². The number of nitrogens with zero attached hydrogens (tertiary/aromatic N) is 2. The Morgan fingerprint density at radius 3 is 3.12 bits per heavy atom. The molecule has 3 nitrogen and oxygen atoms in total. The van der Waals surface area contributed by atoms with Gasteiger partial charge < -0.3 is 0 Å². The summed E-state index contributed by atoms with van der Waals surface area (Å²) in [6.45, 7) is 2.81. The van der Waals surface area contributed by atoms with E-state index in [1.165, 1.54) is 16.9 Å². The van der Waals surface area contributed by atoms with E-state index < -0.39 is 0 Å². The molecule has 0 N–H and O–H groups in total. The molecule has 0 amide bonds. The van der Waals surface area contributed by atoms with E-state index in [0.29, 0.717) is 5.56 Å². The third kappa shape index (κ3) is 1.82. The summed E-state index contributed by atoms with van der Waals surface area (Å²) >= 11 is 1.66. The summed E-state index contributed by atoms with van der Waals surface area (Å²) in [6.07, 6.45) is 7.00. The smallest absolute Gasteiger partial charge is 0.206 e. The number of carbonyl (C=O) groups excluding carboxylic acids is 1. The van der Waals surface area contributed by atoms with Crippen molar-refractivity contribution < 1.29 is 4.79 Å². The highest BCUT2D eigenvalue weighted by Gasteiger charge is 2.20. The number of hydrogen-bond donors (Lipinski definition) is 0. The lowest BCUT2D eigenvalue weighted by Crippen LogP contribution is -1.97. The Labute approximate surface area is 104 Å². The molecular formula is C13H14N2OS. The van der Waals surface area contributed by atoms with Gasteiger partial charge >= 0.3 is 0 Å². The molecule has 17 heavy (non-hydrogen) atoms. The van der Waals surface area contributed by atoms with Gasteiger partial charge in [-0.1, -0.05) is 0 Å². The molecule has 0 aliphatic heterocycles. The molecule has 0 unspecified atom stereocenters. The van der Waals surface area contributed by atoms with Gasteiger partial charge in [-0.2, -0.15) is 5.10 Å². The molecular weight excluding hydrogens is 232 g/mol. The lowest BCUT2D eigenvalue weighted by atomic mass is 10.1. The number of rotatable bonds is 3. The van der Waals surface area contributed by atoms with Crippen LogP contribution in [-0.2, 0) is 19.4 Å². The van der Waals surface area contributed by atoms with Crippen molar-refractivity contribution in [1.29, 1.82) is 0 Å². The third-order valence-corrected chi connectivity index (χ3v) is 4.43. The molecule has 1 aliphatic carbocycles. The van der Waals surface area contributed by atoms with E-state index >= 15 is 0 Å². The fourth-order valence-electron chi connectivity index (χ4n) is 2.24. The quantitative estimate of drug-likeness (QED) is 0.780. The number of thiophene rings is 1. The maximum atomic E-state index is 12.2. The van der Waals surface area contributed by atoms with E-state index in [0.717, 1.165) is 24.3 Å². The van der Waals surface area contributed by atoms with Crippen molar-refractivity contribution >= 4 is 17.1 Å². The van der Waals surface area contributed by atoms with Crippen molar-refractivity contribution in [3.05, 3.63) is 39.3 Å². The second-order valence-electron chi connectivity index (χ2n) is 4.33. The highest BCUT2D eigenvalue weighted by atomic mass is 32.1. The van der Waals surface area contributed by atoms with Crippen LogP contribution in [0.5, 0.6) is 0 Å². The lowest BCUT2D eigenvalue weighted by molar-refractivity contribution is 0.104. The van der Waals surface area contributed by atoms with Crippen molar-refractivity contribution in [2.75, 3.05) is 0 Å². The van der Waals surface area contributed by atoms with E-state index in [1.807, 2.05) is 13.1 Å². The van der Waals surface area contributed by atoms with E-state index in [-0.39, 0.29) is 5.78 Å². The largest absolute Gasteiger partial charge is 0.288 e. The second-order valence-corrected chi connectivity index (χ2v) is 5.46. The Kier molecular flexibility index (Phi) is 2.59. The molecule has 0 atom stereocenters. The topological polar surface area (TPSA) is 34.9 Å². The van der Waals surface area contributed by atoms with Gasteiger partial charge in [0.1, 0.15) is 0 Å². The normalized spacial score (nSPS) is 13.9. The van der Waals surface area contributed by atoms with Gasteiger partial charge in [-0.25, -0.2) is 0 Å². The SMILES string of the molecule is CCn1cc(C(=O)c2cc3c(s2)CCC3)cn1.